The maximum absolute atomic E-state index is 11.1. The van der Waals surface area contributed by atoms with E-state index >= 15 is 0 Å². The van der Waals surface area contributed by atoms with Crippen molar-refractivity contribution in [3.63, 3.8) is 0 Å². The van der Waals surface area contributed by atoms with Crippen molar-refractivity contribution < 1.29 is 9.90 Å². The van der Waals surface area contributed by atoms with E-state index in [1.807, 2.05) is 6.07 Å². The molecule has 1 fully saturated rings. The number of para-hydroxylation sites is 1. The Bertz CT molecular complexity index is 463. The van der Waals surface area contributed by atoms with Gasteiger partial charge in [0.25, 0.3) is 0 Å². The number of rotatable bonds is 3. The Morgan fingerprint density at radius 1 is 1.17 bits per heavy atom. The molecule has 4 N–H and O–H groups in total. The minimum atomic E-state index is -0.234. The molecule has 0 aromatic heterocycles. The van der Waals surface area contributed by atoms with Gasteiger partial charge in [0, 0.05) is 23.1 Å². The highest BCUT2D eigenvalue weighted by Gasteiger charge is 2.28. The van der Waals surface area contributed by atoms with Crippen molar-refractivity contribution in [3.8, 4) is 5.75 Å². The average Bonchev–Trinajstić information content (AvgIpc) is 2.38. The van der Waals surface area contributed by atoms with Crippen LogP contribution in [0.15, 0.2) is 24.3 Å². The van der Waals surface area contributed by atoms with Crippen molar-refractivity contribution in [3.05, 3.63) is 29.8 Å². The van der Waals surface area contributed by atoms with E-state index in [0.29, 0.717) is 11.3 Å². The third-order valence-corrected chi connectivity index (χ3v) is 3.73. The molecule has 0 spiro atoms. The molecular formula is C14H18N2O2. The lowest BCUT2D eigenvalue weighted by Gasteiger charge is -2.27. The molecule has 0 unspecified atom stereocenters. The predicted octanol–water partition coefficient (Wildman–Crippen LogP) is 2.05. The van der Waals surface area contributed by atoms with E-state index in [1.54, 1.807) is 18.2 Å². The third kappa shape index (κ3) is 2.53. The topological polar surface area (TPSA) is 87.2 Å². The number of phenolic OH excluding ortho intramolecular Hbond substituents is 1. The van der Waals surface area contributed by atoms with Gasteiger partial charge in [-0.25, -0.2) is 0 Å². The van der Waals surface area contributed by atoms with E-state index in [1.165, 1.54) is 0 Å². The van der Waals surface area contributed by atoms with Crippen molar-refractivity contribution in [2.45, 2.75) is 25.7 Å². The number of carbonyl (C=O) groups excluding carboxylic acids is 1. The maximum atomic E-state index is 11.1. The van der Waals surface area contributed by atoms with E-state index in [-0.39, 0.29) is 23.5 Å². The summed E-state index contributed by atoms with van der Waals surface area (Å²) in [6.07, 6.45) is 3.08. The van der Waals surface area contributed by atoms with Gasteiger partial charge in [-0.15, -0.1) is 0 Å². The number of primary amides is 1. The molecule has 1 aliphatic rings. The molecule has 1 amide bonds. The van der Waals surface area contributed by atoms with Gasteiger partial charge >= 0.3 is 0 Å². The molecule has 1 aromatic rings. The van der Waals surface area contributed by atoms with E-state index < -0.39 is 0 Å². The van der Waals surface area contributed by atoms with Gasteiger partial charge in [0.2, 0.25) is 5.91 Å². The number of amides is 1. The smallest absolute Gasteiger partial charge is 0.220 e. The fourth-order valence-electron chi connectivity index (χ4n) is 2.59. The summed E-state index contributed by atoms with van der Waals surface area (Å²) < 4.78 is 0. The van der Waals surface area contributed by atoms with Crippen LogP contribution in [0.3, 0.4) is 0 Å². The summed E-state index contributed by atoms with van der Waals surface area (Å²) >= 11 is 0. The van der Waals surface area contributed by atoms with Gasteiger partial charge in [0.05, 0.1) is 0 Å². The Hall–Kier alpha value is -1.84. The molecule has 1 saturated carbocycles. The van der Waals surface area contributed by atoms with Crippen molar-refractivity contribution in [2.75, 3.05) is 0 Å². The van der Waals surface area contributed by atoms with Crippen LogP contribution < -0.4 is 5.73 Å². The number of hydrogen-bond acceptors (Lipinski definition) is 3. The molecule has 0 radical (unpaired) electrons. The van der Waals surface area contributed by atoms with Crippen LogP contribution in [0.25, 0.3) is 0 Å². The molecule has 0 bridgehead atoms. The maximum Gasteiger partial charge on any atom is 0.220 e. The first-order valence-corrected chi connectivity index (χ1v) is 6.25. The predicted molar refractivity (Wildman–Crippen MR) is 69.6 cm³/mol. The molecule has 0 saturated heterocycles. The minimum Gasteiger partial charge on any atom is -0.507 e. The van der Waals surface area contributed by atoms with E-state index in [2.05, 4.69) is 0 Å². The van der Waals surface area contributed by atoms with Crippen molar-refractivity contribution >= 4 is 11.6 Å². The summed E-state index contributed by atoms with van der Waals surface area (Å²) in [5.74, 6) is -0.00520. The second kappa shape index (κ2) is 5.21. The fraction of sp³-hybridized carbons (Fsp3) is 0.429. The number of aromatic hydroxyl groups is 1. The summed E-state index contributed by atoms with van der Waals surface area (Å²) in [4.78, 5) is 11.1. The van der Waals surface area contributed by atoms with Crippen LogP contribution in [0.2, 0.25) is 0 Å². The van der Waals surface area contributed by atoms with Gasteiger partial charge in [-0.2, -0.15) is 0 Å². The molecule has 0 atom stereocenters. The Balaban J connectivity index is 2.04. The van der Waals surface area contributed by atoms with Crippen LogP contribution in [0.5, 0.6) is 5.75 Å². The van der Waals surface area contributed by atoms with Gasteiger partial charge in [-0.1, -0.05) is 12.1 Å². The summed E-state index contributed by atoms with van der Waals surface area (Å²) in [6.45, 7) is 0. The Labute approximate surface area is 106 Å². The van der Waals surface area contributed by atoms with Gasteiger partial charge < -0.3 is 16.2 Å². The Morgan fingerprint density at radius 2 is 1.72 bits per heavy atom. The second-order valence-corrected chi connectivity index (χ2v) is 4.88. The molecule has 4 heteroatoms. The summed E-state index contributed by atoms with van der Waals surface area (Å²) in [6, 6.07) is 6.92. The first-order valence-electron chi connectivity index (χ1n) is 6.25. The molecule has 4 nitrogen and oxygen atoms in total. The largest absolute Gasteiger partial charge is 0.507 e. The van der Waals surface area contributed by atoms with Crippen molar-refractivity contribution in [2.24, 2.45) is 17.6 Å². The quantitative estimate of drug-likeness (QED) is 0.713. The molecule has 96 valence electrons. The third-order valence-electron chi connectivity index (χ3n) is 3.73. The zero-order valence-electron chi connectivity index (χ0n) is 10.2. The standard InChI is InChI=1S/C14H18N2O2/c15-13(11-3-1-2-4-12(11)17)9-5-7-10(8-6-9)14(16)18/h1-4,9-10,15,17H,5-8H2,(H2,16,18). The van der Waals surface area contributed by atoms with Gasteiger partial charge in [-0.05, 0) is 37.8 Å². The SMILES string of the molecule is N=C(c1ccccc1O)C1CCC(C(N)=O)CC1. The lowest BCUT2D eigenvalue weighted by Crippen LogP contribution is -2.30. The molecule has 2 rings (SSSR count). The first-order chi connectivity index (χ1) is 8.59. The van der Waals surface area contributed by atoms with Crippen LogP contribution in [0.1, 0.15) is 31.2 Å². The first kappa shape index (κ1) is 12.6. The van der Waals surface area contributed by atoms with Crippen molar-refractivity contribution in [1.82, 2.24) is 0 Å². The number of benzene rings is 1. The highest BCUT2D eigenvalue weighted by atomic mass is 16.3. The summed E-state index contributed by atoms with van der Waals surface area (Å²) in [5.41, 5.74) is 6.36. The number of hydrogen-bond donors (Lipinski definition) is 3. The van der Waals surface area contributed by atoms with E-state index in [9.17, 15) is 9.90 Å². The van der Waals surface area contributed by atoms with Gasteiger partial charge in [0.1, 0.15) is 5.75 Å². The lowest BCUT2D eigenvalue weighted by atomic mass is 9.78. The zero-order valence-corrected chi connectivity index (χ0v) is 10.2. The van der Waals surface area contributed by atoms with Crippen LogP contribution in [-0.2, 0) is 4.79 Å². The van der Waals surface area contributed by atoms with Gasteiger partial charge in [-0.3, -0.25) is 4.79 Å². The molecular weight excluding hydrogens is 228 g/mol. The number of nitrogens with two attached hydrogens (primary N) is 1. The summed E-state index contributed by atoms with van der Waals surface area (Å²) in [7, 11) is 0. The van der Waals surface area contributed by atoms with Crippen LogP contribution in [0, 0.1) is 17.2 Å². The molecule has 0 heterocycles. The number of carbonyl (C=O) groups is 1. The zero-order chi connectivity index (χ0) is 13.1. The normalized spacial score (nSPS) is 23.6. The van der Waals surface area contributed by atoms with E-state index in [4.69, 9.17) is 11.1 Å². The fourth-order valence-corrected chi connectivity index (χ4v) is 2.59. The Morgan fingerprint density at radius 3 is 2.28 bits per heavy atom. The van der Waals surface area contributed by atoms with Crippen molar-refractivity contribution in [1.29, 1.82) is 5.41 Å². The molecule has 0 aliphatic heterocycles. The lowest BCUT2D eigenvalue weighted by molar-refractivity contribution is -0.122. The van der Waals surface area contributed by atoms with Crippen LogP contribution in [0.4, 0.5) is 0 Å². The molecule has 18 heavy (non-hydrogen) atoms. The van der Waals surface area contributed by atoms with Gasteiger partial charge in [0.15, 0.2) is 0 Å². The minimum absolute atomic E-state index is 0.0431. The monoisotopic (exact) mass is 246 g/mol. The number of phenols is 1. The molecule has 1 aliphatic carbocycles. The van der Waals surface area contributed by atoms with Crippen LogP contribution >= 0.6 is 0 Å². The van der Waals surface area contributed by atoms with E-state index in [0.717, 1.165) is 25.7 Å². The highest BCUT2D eigenvalue weighted by Crippen LogP contribution is 2.32. The molecule has 1 aromatic carbocycles. The average molecular weight is 246 g/mol. The Kier molecular flexibility index (Phi) is 3.65. The summed E-state index contributed by atoms with van der Waals surface area (Å²) in [5, 5.41) is 17.9. The highest BCUT2D eigenvalue weighted by molar-refractivity contribution is 6.02. The second-order valence-electron chi connectivity index (χ2n) is 4.88. The van der Waals surface area contributed by atoms with Crippen LogP contribution in [-0.4, -0.2) is 16.7 Å². The number of nitrogens with one attached hydrogen (secondary N) is 1.